The number of hydrogen-bond donors (Lipinski definition) is 1. The van der Waals surface area contributed by atoms with Crippen LogP contribution in [0.3, 0.4) is 0 Å². The monoisotopic (exact) mass is 267 g/mol. The van der Waals surface area contributed by atoms with Gasteiger partial charge in [0, 0.05) is 18.2 Å². The van der Waals surface area contributed by atoms with Crippen LogP contribution in [0, 0.1) is 5.41 Å². The van der Waals surface area contributed by atoms with Gasteiger partial charge in [-0.05, 0) is 24.8 Å². The standard InChI is InChI=1S/C15H25NO3/c1-15(2,11-16)6-5-7-19-14-9-12(17-3)8-13(10-14)18-4/h8-10H,5-7,11,16H2,1-4H3. The Hall–Kier alpha value is -1.42. The van der Waals surface area contributed by atoms with Gasteiger partial charge in [-0.2, -0.15) is 0 Å². The summed E-state index contributed by atoms with van der Waals surface area (Å²) >= 11 is 0. The van der Waals surface area contributed by atoms with Gasteiger partial charge < -0.3 is 19.9 Å². The fourth-order valence-electron chi connectivity index (χ4n) is 1.71. The van der Waals surface area contributed by atoms with E-state index in [1.54, 1.807) is 14.2 Å². The maximum Gasteiger partial charge on any atom is 0.126 e. The second-order valence-electron chi connectivity index (χ2n) is 5.37. The van der Waals surface area contributed by atoms with Gasteiger partial charge in [0.15, 0.2) is 0 Å². The first-order valence-electron chi connectivity index (χ1n) is 6.56. The van der Waals surface area contributed by atoms with E-state index in [-0.39, 0.29) is 5.41 Å². The number of ether oxygens (including phenoxy) is 3. The number of nitrogens with two attached hydrogens (primary N) is 1. The minimum absolute atomic E-state index is 0.176. The SMILES string of the molecule is COc1cc(OC)cc(OCCCC(C)(C)CN)c1. The lowest BCUT2D eigenvalue weighted by Gasteiger charge is -2.22. The molecule has 0 unspecified atom stereocenters. The molecule has 1 aromatic carbocycles. The first kappa shape index (κ1) is 15.6. The van der Waals surface area contributed by atoms with Crippen molar-refractivity contribution in [1.82, 2.24) is 0 Å². The Morgan fingerprint density at radius 1 is 1.00 bits per heavy atom. The van der Waals surface area contributed by atoms with E-state index in [4.69, 9.17) is 19.9 Å². The van der Waals surface area contributed by atoms with Crippen molar-refractivity contribution < 1.29 is 14.2 Å². The Balaban J connectivity index is 2.49. The lowest BCUT2D eigenvalue weighted by molar-refractivity contribution is 0.259. The van der Waals surface area contributed by atoms with Crippen LogP contribution in [0.2, 0.25) is 0 Å². The largest absolute Gasteiger partial charge is 0.496 e. The molecule has 0 bridgehead atoms. The molecule has 108 valence electrons. The first-order valence-corrected chi connectivity index (χ1v) is 6.56. The molecule has 0 amide bonds. The topological polar surface area (TPSA) is 53.7 Å². The molecule has 0 aliphatic heterocycles. The van der Waals surface area contributed by atoms with Crippen LogP contribution in [0.25, 0.3) is 0 Å². The summed E-state index contributed by atoms with van der Waals surface area (Å²) in [5.41, 5.74) is 5.88. The van der Waals surface area contributed by atoms with Crippen LogP contribution >= 0.6 is 0 Å². The Morgan fingerprint density at radius 3 is 2.00 bits per heavy atom. The fraction of sp³-hybridized carbons (Fsp3) is 0.600. The zero-order valence-corrected chi connectivity index (χ0v) is 12.4. The third-order valence-corrected chi connectivity index (χ3v) is 3.14. The highest BCUT2D eigenvalue weighted by molar-refractivity contribution is 5.41. The van der Waals surface area contributed by atoms with Crippen molar-refractivity contribution in [3.05, 3.63) is 18.2 Å². The van der Waals surface area contributed by atoms with Gasteiger partial charge in [-0.1, -0.05) is 13.8 Å². The van der Waals surface area contributed by atoms with Gasteiger partial charge in [-0.15, -0.1) is 0 Å². The lowest BCUT2D eigenvalue weighted by atomic mass is 9.88. The Kier molecular flexibility index (Phi) is 5.96. The van der Waals surface area contributed by atoms with Crippen LogP contribution in [0.4, 0.5) is 0 Å². The highest BCUT2D eigenvalue weighted by Crippen LogP contribution is 2.28. The van der Waals surface area contributed by atoms with Crippen LogP contribution in [0.5, 0.6) is 17.2 Å². The maximum atomic E-state index is 5.73. The third-order valence-electron chi connectivity index (χ3n) is 3.14. The molecule has 1 aromatic rings. The highest BCUT2D eigenvalue weighted by atomic mass is 16.5. The molecule has 0 saturated heterocycles. The Morgan fingerprint density at radius 2 is 1.53 bits per heavy atom. The van der Waals surface area contributed by atoms with Crippen molar-refractivity contribution in [3.8, 4) is 17.2 Å². The van der Waals surface area contributed by atoms with Crippen LogP contribution in [0.1, 0.15) is 26.7 Å². The van der Waals surface area contributed by atoms with Crippen molar-refractivity contribution >= 4 is 0 Å². The number of hydrogen-bond acceptors (Lipinski definition) is 4. The number of benzene rings is 1. The van der Waals surface area contributed by atoms with Gasteiger partial charge in [0.1, 0.15) is 17.2 Å². The maximum absolute atomic E-state index is 5.73. The Bertz CT molecular complexity index is 369. The summed E-state index contributed by atoms with van der Waals surface area (Å²) in [7, 11) is 3.25. The molecule has 4 heteroatoms. The molecule has 4 nitrogen and oxygen atoms in total. The van der Waals surface area contributed by atoms with Crippen molar-refractivity contribution in [2.75, 3.05) is 27.4 Å². The Labute approximate surface area is 115 Å². The molecule has 0 spiro atoms. The van der Waals surface area contributed by atoms with Gasteiger partial charge in [-0.25, -0.2) is 0 Å². The number of rotatable bonds is 8. The smallest absolute Gasteiger partial charge is 0.126 e. The summed E-state index contributed by atoms with van der Waals surface area (Å²) in [6.45, 7) is 5.70. The molecule has 0 atom stereocenters. The number of methoxy groups -OCH3 is 2. The van der Waals surface area contributed by atoms with Gasteiger partial charge >= 0.3 is 0 Å². The van der Waals surface area contributed by atoms with Crippen molar-refractivity contribution in [1.29, 1.82) is 0 Å². The third kappa shape index (κ3) is 5.39. The van der Waals surface area contributed by atoms with E-state index >= 15 is 0 Å². The summed E-state index contributed by atoms with van der Waals surface area (Å²) in [5, 5.41) is 0. The van der Waals surface area contributed by atoms with E-state index in [1.807, 2.05) is 18.2 Å². The van der Waals surface area contributed by atoms with Crippen molar-refractivity contribution in [2.24, 2.45) is 11.1 Å². The summed E-state index contributed by atoms with van der Waals surface area (Å²) in [6.07, 6.45) is 2.02. The molecule has 0 saturated carbocycles. The molecule has 2 N–H and O–H groups in total. The lowest BCUT2D eigenvalue weighted by Crippen LogP contribution is -2.23. The van der Waals surface area contributed by atoms with Gasteiger partial charge in [0.2, 0.25) is 0 Å². The second-order valence-corrected chi connectivity index (χ2v) is 5.37. The summed E-state index contributed by atoms with van der Waals surface area (Å²) < 4.78 is 16.1. The molecule has 0 aliphatic rings. The van der Waals surface area contributed by atoms with E-state index < -0.39 is 0 Å². The van der Waals surface area contributed by atoms with Crippen molar-refractivity contribution in [3.63, 3.8) is 0 Å². The van der Waals surface area contributed by atoms with E-state index in [9.17, 15) is 0 Å². The quantitative estimate of drug-likeness (QED) is 0.736. The molecule has 0 aromatic heterocycles. The van der Waals surface area contributed by atoms with Crippen LogP contribution < -0.4 is 19.9 Å². The highest BCUT2D eigenvalue weighted by Gasteiger charge is 2.14. The minimum atomic E-state index is 0.176. The predicted molar refractivity (Wildman–Crippen MR) is 77.1 cm³/mol. The molecular weight excluding hydrogens is 242 g/mol. The van der Waals surface area contributed by atoms with Gasteiger partial charge in [0.05, 0.1) is 20.8 Å². The van der Waals surface area contributed by atoms with Gasteiger partial charge in [-0.3, -0.25) is 0 Å². The normalized spacial score (nSPS) is 11.2. The van der Waals surface area contributed by atoms with Gasteiger partial charge in [0.25, 0.3) is 0 Å². The van der Waals surface area contributed by atoms with Crippen LogP contribution in [0.15, 0.2) is 18.2 Å². The average Bonchev–Trinajstić information content (AvgIpc) is 2.43. The molecule has 1 rings (SSSR count). The minimum Gasteiger partial charge on any atom is -0.496 e. The van der Waals surface area contributed by atoms with Crippen molar-refractivity contribution in [2.45, 2.75) is 26.7 Å². The second kappa shape index (κ2) is 7.24. The van der Waals surface area contributed by atoms with E-state index in [1.165, 1.54) is 0 Å². The summed E-state index contributed by atoms with van der Waals surface area (Å²) in [6, 6.07) is 5.54. The molecule has 19 heavy (non-hydrogen) atoms. The molecule has 0 heterocycles. The van der Waals surface area contributed by atoms with E-state index in [2.05, 4.69) is 13.8 Å². The zero-order chi connectivity index (χ0) is 14.3. The predicted octanol–water partition coefficient (Wildman–Crippen LogP) is 2.85. The molecular formula is C15H25NO3. The molecule has 0 fully saturated rings. The molecule has 0 radical (unpaired) electrons. The van der Waals surface area contributed by atoms with Crippen LogP contribution in [-0.4, -0.2) is 27.4 Å². The first-order chi connectivity index (χ1) is 9.00. The average molecular weight is 267 g/mol. The van der Waals surface area contributed by atoms with Crippen LogP contribution in [-0.2, 0) is 0 Å². The molecule has 0 aliphatic carbocycles. The summed E-state index contributed by atoms with van der Waals surface area (Å²) in [5.74, 6) is 2.23. The summed E-state index contributed by atoms with van der Waals surface area (Å²) in [4.78, 5) is 0. The van der Waals surface area contributed by atoms with E-state index in [0.717, 1.165) is 30.1 Å². The zero-order valence-electron chi connectivity index (χ0n) is 12.4. The van der Waals surface area contributed by atoms with E-state index in [0.29, 0.717) is 13.2 Å². The fourth-order valence-corrected chi connectivity index (χ4v) is 1.71.